The zero-order chi connectivity index (χ0) is 21.8. The summed E-state index contributed by atoms with van der Waals surface area (Å²) < 4.78 is 6.25. The van der Waals surface area contributed by atoms with Crippen LogP contribution in [0, 0.1) is 0 Å². The third-order valence-corrected chi connectivity index (χ3v) is 6.61. The lowest BCUT2D eigenvalue weighted by molar-refractivity contribution is -0.118. The molecule has 0 aliphatic rings. The molecule has 0 bridgehead atoms. The number of benzene rings is 2. The zero-order valence-electron chi connectivity index (χ0n) is 17.3. The summed E-state index contributed by atoms with van der Waals surface area (Å²) in [5.74, 6) is 0.601. The van der Waals surface area contributed by atoms with Crippen molar-refractivity contribution < 1.29 is 9.53 Å². The number of anilines is 1. The van der Waals surface area contributed by atoms with Gasteiger partial charge in [-0.05, 0) is 47.4 Å². The van der Waals surface area contributed by atoms with E-state index in [1.165, 1.54) is 16.9 Å². The van der Waals surface area contributed by atoms with Gasteiger partial charge in [-0.15, -0.1) is 0 Å². The monoisotopic (exact) mass is 451 g/mol. The highest BCUT2D eigenvalue weighted by molar-refractivity contribution is 7.23. The van der Waals surface area contributed by atoms with Crippen LogP contribution in [-0.2, 0) is 24.2 Å². The molecule has 0 atom stereocenters. The highest BCUT2D eigenvalue weighted by Gasteiger charge is 2.22. The smallest absolute Gasteiger partial charge is 0.233 e. The van der Waals surface area contributed by atoms with Gasteiger partial charge in [0.25, 0.3) is 0 Å². The molecule has 0 fully saturated rings. The number of ether oxygens (including phenoxy) is 1. The van der Waals surface area contributed by atoms with E-state index in [0.29, 0.717) is 28.0 Å². The van der Waals surface area contributed by atoms with E-state index in [-0.39, 0.29) is 12.3 Å². The molecule has 0 unspecified atom stereocenters. The van der Waals surface area contributed by atoms with Crippen molar-refractivity contribution in [3.63, 3.8) is 0 Å². The Kier molecular flexibility index (Phi) is 6.49. The quantitative estimate of drug-likeness (QED) is 0.362. The minimum atomic E-state index is -0.0322. The molecule has 5 nitrogen and oxygen atoms in total. The molecule has 0 saturated carbocycles. The van der Waals surface area contributed by atoms with Gasteiger partial charge in [0.05, 0.1) is 29.8 Å². The maximum absolute atomic E-state index is 13.4. The Morgan fingerprint density at radius 3 is 2.42 bits per heavy atom. The van der Waals surface area contributed by atoms with E-state index in [0.717, 1.165) is 22.2 Å². The maximum atomic E-state index is 13.4. The van der Waals surface area contributed by atoms with Crippen LogP contribution in [0.15, 0.2) is 60.9 Å². The van der Waals surface area contributed by atoms with Crippen LogP contribution in [0.3, 0.4) is 0 Å². The van der Waals surface area contributed by atoms with E-state index in [1.807, 2.05) is 24.3 Å². The van der Waals surface area contributed by atoms with Crippen LogP contribution in [0.1, 0.15) is 23.6 Å². The first-order chi connectivity index (χ1) is 15.1. The molecule has 2 aromatic heterocycles. The number of aryl methyl sites for hydroxylation is 1. The number of carbonyl (C=O) groups excluding carboxylic acids is 1. The van der Waals surface area contributed by atoms with E-state index in [1.54, 1.807) is 36.5 Å². The van der Waals surface area contributed by atoms with E-state index < -0.39 is 0 Å². The van der Waals surface area contributed by atoms with Crippen LogP contribution < -0.4 is 9.64 Å². The highest BCUT2D eigenvalue weighted by Crippen LogP contribution is 2.39. The highest BCUT2D eigenvalue weighted by atomic mass is 35.5. The lowest BCUT2D eigenvalue weighted by Crippen LogP contribution is -2.31. The molecule has 0 spiro atoms. The Morgan fingerprint density at radius 1 is 1.03 bits per heavy atom. The van der Waals surface area contributed by atoms with Gasteiger partial charge in [0.1, 0.15) is 11.3 Å². The molecular weight excluding hydrogens is 430 g/mol. The lowest BCUT2D eigenvalue weighted by Gasteiger charge is -2.20. The Bertz CT molecular complexity index is 1190. The Hall–Kier alpha value is -2.96. The zero-order valence-corrected chi connectivity index (χ0v) is 18.9. The second-order valence-corrected chi connectivity index (χ2v) is 8.49. The maximum Gasteiger partial charge on any atom is 0.233 e. The van der Waals surface area contributed by atoms with E-state index >= 15 is 0 Å². The molecule has 4 rings (SSSR count). The first-order valence-corrected chi connectivity index (χ1v) is 11.2. The number of amides is 1. The Labute approximate surface area is 190 Å². The van der Waals surface area contributed by atoms with Crippen LogP contribution in [0.25, 0.3) is 10.2 Å². The number of carbonyl (C=O) groups is 1. The van der Waals surface area contributed by atoms with E-state index in [2.05, 4.69) is 24.0 Å². The second kappa shape index (κ2) is 9.45. The third-order valence-electron chi connectivity index (χ3n) is 5.08. The van der Waals surface area contributed by atoms with Gasteiger partial charge in [0.2, 0.25) is 5.91 Å². The van der Waals surface area contributed by atoms with Crippen molar-refractivity contribution >= 4 is 44.2 Å². The summed E-state index contributed by atoms with van der Waals surface area (Å²) in [5, 5.41) is 1.18. The normalized spacial score (nSPS) is 10.9. The molecular formula is C24H22ClN3O2S. The number of hydrogen-bond acceptors (Lipinski definition) is 5. The van der Waals surface area contributed by atoms with Gasteiger partial charge in [0, 0.05) is 12.4 Å². The van der Waals surface area contributed by atoms with Gasteiger partial charge in [-0.3, -0.25) is 14.7 Å². The molecule has 31 heavy (non-hydrogen) atoms. The van der Waals surface area contributed by atoms with Gasteiger partial charge < -0.3 is 4.74 Å². The minimum absolute atomic E-state index is 0.0322. The number of rotatable bonds is 7. The standard InChI is InChI=1S/C24H22ClN3O2S/c1-3-16-4-6-17(7-5-16)14-21(29)28(15-18-10-12-26-13-11-18)24-27-22-20(30-2)9-8-19(25)23(22)31-24/h4-13H,3,14-15H2,1-2H3. The largest absolute Gasteiger partial charge is 0.494 e. The van der Waals surface area contributed by atoms with E-state index in [9.17, 15) is 4.79 Å². The molecule has 2 heterocycles. The first-order valence-electron chi connectivity index (χ1n) is 9.99. The number of fused-ring (bicyclic) bond motifs is 1. The fourth-order valence-electron chi connectivity index (χ4n) is 3.32. The van der Waals surface area contributed by atoms with Crippen molar-refractivity contribution in [1.29, 1.82) is 0 Å². The molecule has 7 heteroatoms. The minimum Gasteiger partial charge on any atom is -0.494 e. The number of nitrogens with zero attached hydrogens (tertiary/aromatic N) is 3. The number of aromatic nitrogens is 2. The number of pyridine rings is 1. The summed E-state index contributed by atoms with van der Waals surface area (Å²) in [6, 6.07) is 15.5. The topological polar surface area (TPSA) is 55.3 Å². The van der Waals surface area contributed by atoms with Crippen LogP contribution >= 0.6 is 22.9 Å². The number of thiazole rings is 1. The van der Waals surface area contributed by atoms with Gasteiger partial charge in [0.15, 0.2) is 5.13 Å². The third kappa shape index (κ3) is 4.70. The Balaban J connectivity index is 1.71. The first kappa shape index (κ1) is 21.3. The average Bonchev–Trinajstić information content (AvgIpc) is 3.25. The fourth-order valence-corrected chi connectivity index (χ4v) is 4.59. The lowest BCUT2D eigenvalue weighted by atomic mass is 10.1. The van der Waals surface area contributed by atoms with E-state index in [4.69, 9.17) is 21.3 Å². The van der Waals surface area contributed by atoms with Gasteiger partial charge >= 0.3 is 0 Å². The Morgan fingerprint density at radius 2 is 1.74 bits per heavy atom. The molecule has 0 aliphatic heterocycles. The van der Waals surface area contributed by atoms with Gasteiger partial charge in [-0.1, -0.05) is 54.1 Å². The van der Waals surface area contributed by atoms with Crippen LogP contribution in [-0.4, -0.2) is 23.0 Å². The summed E-state index contributed by atoms with van der Waals surface area (Å²) in [7, 11) is 1.60. The van der Waals surface area contributed by atoms with Crippen molar-refractivity contribution in [2.75, 3.05) is 12.0 Å². The molecule has 4 aromatic rings. The van der Waals surface area contributed by atoms with Crippen LogP contribution in [0.4, 0.5) is 5.13 Å². The summed E-state index contributed by atoms with van der Waals surface area (Å²) in [5.41, 5.74) is 3.85. The fraction of sp³-hybridized carbons (Fsp3) is 0.208. The predicted molar refractivity (Wildman–Crippen MR) is 126 cm³/mol. The van der Waals surface area contributed by atoms with Crippen molar-refractivity contribution in [2.24, 2.45) is 0 Å². The molecule has 0 saturated heterocycles. The van der Waals surface area contributed by atoms with Crippen LogP contribution in [0.5, 0.6) is 5.75 Å². The number of halogens is 1. The summed E-state index contributed by atoms with van der Waals surface area (Å²) in [6.07, 6.45) is 4.70. The predicted octanol–water partition coefficient (Wildman–Crippen LogP) is 5.69. The molecule has 0 N–H and O–H groups in total. The summed E-state index contributed by atoms with van der Waals surface area (Å²) in [4.78, 5) is 23.9. The number of methoxy groups -OCH3 is 1. The van der Waals surface area contributed by atoms with Gasteiger partial charge in [-0.2, -0.15) is 0 Å². The molecule has 1 amide bonds. The summed E-state index contributed by atoms with van der Waals surface area (Å²) in [6.45, 7) is 2.51. The van der Waals surface area contributed by atoms with Crippen LogP contribution in [0.2, 0.25) is 5.02 Å². The van der Waals surface area contributed by atoms with Crippen molar-refractivity contribution in [3.8, 4) is 5.75 Å². The van der Waals surface area contributed by atoms with Crippen molar-refractivity contribution in [3.05, 3.63) is 82.6 Å². The molecule has 158 valence electrons. The van der Waals surface area contributed by atoms with Crippen molar-refractivity contribution in [2.45, 2.75) is 26.3 Å². The molecule has 0 radical (unpaired) electrons. The average molecular weight is 452 g/mol. The van der Waals surface area contributed by atoms with Gasteiger partial charge in [-0.25, -0.2) is 4.98 Å². The molecule has 2 aromatic carbocycles. The molecule has 0 aliphatic carbocycles. The van der Waals surface area contributed by atoms with Crippen molar-refractivity contribution in [1.82, 2.24) is 9.97 Å². The SMILES string of the molecule is CCc1ccc(CC(=O)N(Cc2ccncc2)c2nc3c(OC)ccc(Cl)c3s2)cc1. The number of hydrogen-bond donors (Lipinski definition) is 0. The summed E-state index contributed by atoms with van der Waals surface area (Å²) >= 11 is 7.80. The second-order valence-electron chi connectivity index (χ2n) is 7.11.